The number of sulfonamides is 1. The number of nitrogens with zero attached hydrogens (tertiary/aromatic N) is 2. The molecule has 1 heterocycles. The fourth-order valence-corrected chi connectivity index (χ4v) is 5.28. The zero-order valence-electron chi connectivity index (χ0n) is 19.9. The predicted octanol–water partition coefficient (Wildman–Crippen LogP) is 3.15. The van der Waals surface area contributed by atoms with Crippen molar-refractivity contribution in [3.63, 3.8) is 0 Å². The molecular weight excluding hydrogens is 443 g/mol. The molecule has 1 aliphatic rings. The van der Waals surface area contributed by atoms with Crippen LogP contribution in [0.3, 0.4) is 0 Å². The molecule has 3 rings (SSSR count). The maximum atomic E-state index is 13.5. The molecule has 1 saturated heterocycles. The fourth-order valence-electron chi connectivity index (χ4n) is 4.07. The van der Waals surface area contributed by atoms with Crippen LogP contribution < -0.4 is 10.9 Å². The molecule has 2 unspecified atom stereocenters. The second-order valence-corrected chi connectivity index (χ2v) is 11.0. The van der Waals surface area contributed by atoms with Gasteiger partial charge in [0, 0.05) is 45.3 Å². The summed E-state index contributed by atoms with van der Waals surface area (Å²) in [6.45, 7) is 4.11. The van der Waals surface area contributed by atoms with Crippen LogP contribution in [0.2, 0.25) is 0 Å². The highest BCUT2D eigenvalue weighted by atomic mass is 32.2. The van der Waals surface area contributed by atoms with Crippen LogP contribution in [0.4, 0.5) is 4.39 Å². The van der Waals surface area contributed by atoms with E-state index in [1.54, 1.807) is 37.1 Å². The summed E-state index contributed by atoms with van der Waals surface area (Å²) in [5.74, 6) is -0.450. The zero-order chi connectivity index (χ0) is 24.3. The SMILES string of the molecule is Cc1cc(C(=O)N(C)CCCC2CC(c3cccc(F)c3)NN2)cc(S(=O)(=O)N(C)C)c1C. The quantitative estimate of drug-likeness (QED) is 0.612. The van der Waals surface area contributed by atoms with Gasteiger partial charge >= 0.3 is 0 Å². The number of hydrogen-bond acceptors (Lipinski definition) is 5. The largest absolute Gasteiger partial charge is 0.342 e. The normalized spacial score (nSPS) is 18.6. The number of hydrogen-bond donors (Lipinski definition) is 2. The summed E-state index contributed by atoms with van der Waals surface area (Å²) < 4.78 is 40.0. The second kappa shape index (κ2) is 10.3. The molecule has 0 saturated carbocycles. The van der Waals surface area contributed by atoms with Gasteiger partial charge in [-0.25, -0.2) is 17.1 Å². The van der Waals surface area contributed by atoms with Gasteiger partial charge in [0.1, 0.15) is 5.82 Å². The van der Waals surface area contributed by atoms with Gasteiger partial charge in [-0.1, -0.05) is 12.1 Å². The van der Waals surface area contributed by atoms with Gasteiger partial charge in [0.25, 0.3) is 5.91 Å². The lowest BCUT2D eigenvalue weighted by Crippen LogP contribution is -2.32. The molecule has 1 fully saturated rings. The summed E-state index contributed by atoms with van der Waals surface area (Å²) >= 11 is 0. The first-order valence-corrected chi connectivity index (χ1v) is 12.5. The monoisotopic (exact) mass is 476 g/mol. The van der Waals surface area contributed by atoms with E-state index in [2.05, 4.69) is 10.9 Å². The molecule has 0 radical (unpaired) electrons. The average molecular weight is 477 g/mol. The minimum Gasteiger partial charge on any atom is -0.342 e. The van der Waals surface area contributed by atoms with Gasteiger partial charge in [-0.15, -0.1) is 0 Å². The van der Waals surface area contributed by atoms with E-state index in [0.29, 0.717) is 17.7 Å². The lowest BCUT2D eigenvalue weighted by Gasteiger charge is -2.21. The Hall–Kier alpha value is -2.33. The molecule has 1 aliphatic heterocycles. The Morgan fingerprint density at radius 1 is 1.12 bits per heavy atom. The Bertz CT molecular complexity index is 1120. The average Bonchev–Trinajstić information content (AvgIpc) is 3.23. The third-order valence-corrected chi connectivity index (χ3v) is 8.19. The van der Waals surface area contributed by atoms with E-state index in [1.165, 1.54) is 26.2 Å². The van der Waals surface area contributed by atoms with E-state index in [-0.39, 0.29) is 28.7 Å². The number of carbonyl (C=O) groups is 1. The molecule has 33 heavy (non-hydrogen) atoms. The fraction of sp³-hybridized carbons (Fsp3) is 0.458. The van der Waals surface area contributed by atoms with Gasteiger partial charge in [0.15, 0.2) is 0 Å². The highest BCUT2D eigenvalue weighted by Crippen LogP contribution is 2.26. The third-order valence-electron chi connectivity index (χ3n) is 6.25. The van der Waals surface area contributed by atoms with Crippen molar-refractivity contribution in [1.82, 2.24) is 20.1 Å². The van der Waals surface area contributed by atoms with Gasteiger partial charge < -0.3 is 4.90 Å². The van der Waals surface area contributed by atoms with Crippen LogP contribution >= 0.6 is 0 Å². The number of rotatable bonds is 8. The Balaban J connectivity index is 1.59. The van der Waals surface area contributed by atoms with E-state index in [1.807, 2.05) is 13.0 Å². The minimum absolute atomic E-state index is 0.0534. The maximum absolute atomic E-state index is 13.5. The standard InChI is InChI=1S/C24H33FN4O3S/c1-16-12-19(14-23(17(16)2)33(31,32)28(3)4)24(30)29(5)11-7-10-21-15-22(27-26-21)18-8-6-9-20(25)13-18/h6,8-9,12-14,21-22,26-27H,7,10-11,15H2,1-5H3. The topological polar surface area (TPSA) is 81.8 Å². The third kappa shape index (κ3) is 5.78. The molecular formula is C24H33FN4O3S. The number of amides is 1. The molecule has 2 aromatic rings. The number of hydrazine groups is 1. The van der Waals surface area contributed by atoms with Crippen LogP contribution in [0.5, 0.6) is 0 Å². The van der Waals surface area contributed by atoms with Crippen molar-refractivity contribution in [3.8, 4) is 0 Å². The van der Waals surface area contributed by atoms with Crippen molar-refractivity contribution in [2.45, 2.75) is 50.1 Å². The Kier molecular flexibility index (Phi) is 7.89. The van der Waals surface area contributed by atoms with Crippen molar-refractivity contribution in [1.29, 1.82) is 0 Å². The number of halogens is 1. The van der Waals surface area contributed by atoms with Gasteiger partial charge in [-0.05, 0) is 74.1 Å². The number of carbonyl (C=O) groups excluding carboxylic acids is 1. The number of aryl methyl sites for hydroxylation is 1. The number of nitrogens with one attached hydrogen (secondary N) is 2. The first-order valence-electron chi connectivity index (χ1n) is 11.1. The molecule has 180 valence electrons. The van der Waals surface area contributed by atoms with Crippen LogP contribution in [-0.2, 0) is 10.0 Å². The van der Waals surface area contributed by atoms with Crippen LogP contribution in [0, 0.1) is 19.7 Å². The van der Waals surface area contributed by atoms with Crippen molar-refractivity contribution < 1.29 is 17.6 Å². The summed E-state index contributed by atoms with van der Waals surface area (Å²) in [5, 5.41) is 0. The molecule has 0 aliphatic carbocycles. The highest BCUT2D eigenvalue weighted by Gasteiger charge is 2.26. The molecule has 2 aromatic carbocycles. The molecule has 0 spiro atoms. The first-order chi connectivity index (χ1) is 15.5. The van der Waals surface area contributed by atoms with Crippen molar-refractivity contribution in [2.24, 2.45) is 0 Å². The molecule has 9 heteroatoms. The van der Waals surface area contributed by atoms with Gasteiger partial charge in [-0.2, -0.15) is 0 Å². The molecule has 7 nitrogen and oxygen atoms in total. The molecule has 1 amide bonds. The summed E-state index contributed by atoms with van der Waals surface area (Å²) in [6, 6.07) is 10.1. The molecule has 0 aromatic heterocycles. The summed E-state index contributed by atoms with van der Waals surface area (Å²) in [4.78, 5) is 14.8. The van der Waals surface area contributed by atoms with Gasteiger partial charge in [-0.3, -0.25) is 15.6 Å². The smallest absolute Gasteiger partial charge is 0.253 e. The van der Waals surface area contributed by atoms with E-state index in [4.69, 9.17) is 0 Å². The summed E-state index contributed by atoms with van der Waals surface area (Å²) in [7, 11) is 1.05. The lowest BCUT2D eigenvalue weighted by atomic mass is 9.99. The highest BCUT2D eigenvalue weighted by molar-refractivity contribution is 7.89. The van der Waals surface area contributed by atoms with Crippen LogP contribution in [-0.4, -0.2) is 57.3 Å². The summed E-state index contributed by atoms with van der Waals surface area (Å²) in [6.07, 6.45) is 2.47. The van der Waals surface area contributed by atoms with Crippen molar-refractivity contribution in [2.75, 3.05) is 27.7 Å². The summed E-state index contributed by atoms with van der Waals surface area (Å²) in [5.41, 5.74) is 9.17. The van der Waals surface area contributed by atoms with E-state index < -0.39 is 10.0 Å². The Morgan fingerprint density at radius 3 is 2.52 bits per heavy atom. The first kappa shape index (κ1) is 25.3. The van der Waals surface area contributed by atoms with Crippen LogP contribution in [0.15, 0.2) is 41.3 Å². The number of benzene rings is 2. The maximum Gasteiger partial charge on any atom is 0.253 e. The zero-order valence-corrected chi connectivity index (χ0v) is 20.7. The van der Waals surface area contributed by atoms with Crippen molar-refractivity contribution >= 4 is 15.9 Å². The Morgan fingerprint density at radius 2 is 1.85 bits per heavy atom. The predicted molar refractivity (Wildman–Crippen MR) is 127 cm³/mol. The van der Waals surface area contributed by atoms with Gasteiger partial charge in [0.2, 0.25) is 10.0 Å². The Labute approximate surface area is 196 Å². The van der Waals surface area contributed by atoms with Gasteiger partial charge in [0.05, 0.1) is 4.90 Å². The van der Waals surface area contributed by atoms with Crippen LogP contribution in [0.25, 0.3) is 0 Å². The van der Waals surface area contributed by atoms with Crippen LogP contribution in [0.1, 0.15) is 52.4 Å². The van der Waals surface area contributed by atoms with E-state index in [0.717, 1.165) is 34.7 Å². The lowest BCUT2D eigenvalue weighted by molar-refractivity contribution is 0.0791. The van der Waals surface area contributed by atoms with E-state index in [9.17, 15) is 17.6 Å². The van der Waals surface area contributed by atoms with Crippen molar-refractivity contribution in [3.05, 3.63) is 64.5 Å². The molecule has 0 bridgehead atoms. The minimum atomic E-state index is -3.65. The molecule has 2 N–H and O–H groups in total. The second-order valence-electron chi connectivity index (χ2n) is 8.90. The molecule has 2 atom stereocenters. The van der Waals surface area contributed by atoms with E-state index >= 15 is 0 Å².